The molecular weight excluding hydrogens is 293 g/mol. The van der Waals surface area contributed by atoms with Gasteiger partial charge < -0.3 is 15.1 Å². The summed E-state index contributed by atoms with van der Waals surface area (Å²) < 4.78 is 13.5. The Kier molecular flexibility index (Phi) is 4.76. The molecule has 4 nitrogen and oxygen atoms in total. The van der Waals surface area contributed by atoms with Crippen LogP contribution in [0.5, 0.6) is 0 Å². The molecule has 1 aliphatic rings. The van der Waals surface area contributed by atoms with E-state index in [2.05, 4.69) is 22.3 Å². The Balaban J connectivity index is 1.50. The van der Waals surface area contributed by atoms with E-state index in [1.54, 1.807) is 18.2 Å². The second kappa shape index (κ2) is 7.13. The maximum Gasteiger partial charge on any atom is 0.241 e. The normalized spacial score (nSPS) is 14.7. The van der Waals surface area contributed by atoms with E-state index in [1.165, 1.54) is 11.8 Å². The fourth-order valence-electron chi connectivity index (χ4n) is 2.74. The number of carbonyl (C=O) groups is 1. The van der Waals surface area contributed by atoms with Gasteiger partial charge in [-0.2, -0.15) is 0 Å². The molecule has 0 spiro atoms. The lowest BCUT2D eigenvalue weighted by Gasteiger charge is -2.36. The number of anilines is 2. The van der Waals surface area contributed by atoms with Crippen molar-refractivity contribution in [1.82, 2.24) is 4.90 Å². The highest BCUT2D eigenvalue weighted by molar-refractivity contribution is 5.81. The van der Waals surface area contributed by atoms with Crippen molar-refractivity contribution in [2.24, 2.45) is 0 Å². The minimum absolute atomic E-state index is 0.000893. The van der Waals surface area contributed by atoms with Crippen molar-refractivity contribution in [2.75, 3.05) is 42.9 Å². The fourth-order valence-corrected chi connectivity index (χ4v) is 2.74. The Bertz CT molecular complexity index is 654. The van der Waals surface area contributed by atoms with Gasteiger partial charge in [-0.15, -0.1) is 0 Å². The van der Waals surface area contributed by atoms with Crippen LogP contribution in [0, 0.1) is 5.82 Å². The van der Waals surface area contributed by atoms with E-state index in [0.29, 0.717) is 18.8 Å². The van der Waals surface area contributed by atoms with Gasteiger partial charge in [-0.1, -0.05) is 30.3 Å². The molecule has 0 radical (unpaired) electrons. The first kappa shape index (κ1) is 15.3. The van der Waals surface area contributed by atoms with Crippen LogP contribution >= 0.6 is 0 Å². The molecule has 2 aromatic carbocycles. The van der Waals surface area contributed by atoms with Crippen LogP contribution in [-0.4, -0.2) is 43.5 Å². The minimum Gasteiger partial charge on any atom is -0.374 e. The highest BCUT2D eigenvalue weighted by atomic mass is 19.1. The number of hydrogen-bond acceptors (Lipinski definition) is 3. The third kappa shape index (κ3) is 3.80. The minimum atomic E-state index is -0.339. The lowest BCUT2D eigenvalue weighted by molar-refractivity contribution is -0.129. The molecule has 0 aromatic heterocycles. The zero-order chi connectivity index (χ0) is 16.1. The number of piperazine rings is 1. The zero-order valence-electron chi connectivity index (χ0n) is 12.9. The molecule has 0 saturated carbocycles. The third-order valence-corrected chi connectivity index (χ3v) is 4.06. The molecule has 0 aliphatic carbocycles. The van der Waals surface area contributed by atoms with Crippen molar-refractivity contribution in [3.05, 3.63) is 60.4 Å². The number of benzene rings is 2. The summed E-state index contributed by atoms with van der Waals surface area (Å²) in [5.74, 6) is -0.338. The number of halogens is 1. The van der Waals surface area contributed by atoms with Crippen LogP contribution in [0.2, 0.25) is 0 Å². The number of carbonyl (C=O) groups excluding carboxylic acids is 1. The number of nitrogens with zero attached hydrogens (tertiary/aromatic N) is 2. The summed E-state index contributed by atoms with van der Waals surface area (Å²) in [4.78, 5) is 16.3. The van der Waals surface area contributed by atoms with E-state index in [9.17, 15) is 9.18 Å². The lowest BCUT2D eigenvalue weighted by atomic mass is 10.2. The molecule has 2 aromatic rings. The predicted molar refractivity (Wildman–Crippen MR) is 90.1 cm³/mol. The molecule has 120 valence electrons. The standard InChI is InChI=1S/C18H20FN3O/c19-16-8-4-5-9-17(16)20-14-18(23)22-12-10-21(11-13-22)15-6-2-1-3-7-15/h1-9,20H,10-14H2. The predicted octanol–water partition coefficient (Wildman–Crippen LogP) is 2.59. The summed E-state index contributed by atoms with van der Waals surface area (Å²) in [6.45, 7) is 3.12. The average Bonchev–Trinajstić information content (AvgIpc) is 2.62. The maximum absolute atomic E-state index is 13.5. The molecular formula is C18H20FN3O. The summed E-state index contributed by atoms with van der Waals surface area (Å²) in [5, 5.41) is 2.87. The Morgan fingerprint density at radius 3 is 2.30 bits per heavy atom. The first-order chi connectivity index (χ1) is 11.2. The van der Waals surface area contributed by atoms with E-state index in [0.717, 1.165) is 13.1 Å². The molecule has 1 N–H and O–H groups in total. The number of para-hydroxylation sites is 2. The Morgan fingerprint density at radius 1 is 0.957 bits per heavy atom. The van der Waals surface area contributed by atoms with Crippen LogP contribution in [-0.2, 0) is 4.79 Å². The molecule has 0 bridgehead atoms. The second-order valence-corrected chi connectivity index (χ2v) is 5.54. The van der Waals surface area contributed by atoms with E-state index in [4.69, 9.17) is 0 Å². The molecule has 1 saturated heterocycles. The van der Waals surface area contributed by atoms with E-state index >= 15 is 0 Å². The van der Waals surface area contributed by atoms with Crippen molar-refractivity contribution in [2.45, 2.75) is 0 Å². The molecule has 1 heterocycles. The monoisotopic (exact) mass is 313 g/mol. The highest BCUT2D eigenvalue weighted by Gasteiger charge is 2.21. The number of rotatable bonds is 4. The van der Waals surface area contributed by atoms with Crippen LogP contribution in [0.25, 0.3) is 0 Å². The van der Waals surface area contributed by atoms with E-state index < -0.39 is 0 Å². The first-order valence-electron chi connectivity index (χ1n) is 7.80. The van der Waals surface area contributed by atoms with Gasteiger partial charge >= 0.3 is 0 Å². The number of nitrogens with one attached hydrogen (secondary N) is 1. The SMILES string of the molecule is O=C(CNc1ccccc1F)N1CCN(c2ccccc2)CC1. The van der Waals surface area contributed by atoms with Crippen molar-refractivity contribution < 1.29 is 9.18 Å². The highest BCUT2D eigenvalue weighted by Crippen LogP contribution is 2.16. The van der Waals surface area contributed by atoms with Crippen LogP contribution in [0.15, 0.2) is 54.6 Å². The van der Waals surface area contributed by atoms with Gasteiger partial charge in [-0.3, -0.25) is 4.79 Å². The van der Waals surface area contributed by atoms with Crippen LogP contribution < -0.4 is 10.2 Å². The summed E-state index contributed by atoms with van der Waals surface area (Å²) in [5.41, 5.74) is 1.55. The van der Waals surface area contributed by atoms with Gasteiger partial charge in [-0.25, -0.2) is 4.39 Å². The quantitative estimate of drug-likeness (QED) is 0.942. The maximum atomic E-state index is 13.5. The van der Waals surface area contributed by atoms with E-state index in [-0.39, 0.29) is 18.3 Å². The fraction of sp³-hybridized carbons (Fsp3) is 0.278. The van der Waals surface area contributed by atoms with Gasteiger partial charge in [0.1, 0.15) is 5.82 Å². The largest absolute Gasteiger partial charge is 0.374 e. The van der Waals surface area contributed by atoms with Gasteiger partial charge in [0.15, 0.2) is 0 Å². The summed E-state index contributed by atoms with van der Waals surface area (Å²) >= 11 is 0. The summed E-state index contributed by atoms with van der Waals surface area (Å²) in [6, 6.07) is 16.6. The van der Waals surface area contributed by atoms with Crippen LogP contribution in [0.4, 0.5) is 15.8 Å². The van der Waals surface area contributed by atoms with Gasteiger partial charge in [-0.05, 0) is 24.3 Å². The summed E-state index contributed by atoms with van der Waals surface area (Å²) in [6.07, 6.45) is 0. The van der Waals surface area contributed by atoms with E-state index in [1.807, 2.05) is 23.1 Å². The Morgan fingerprint density at radius 2 is 1.61 bits per heavy atom. The molecule has 1 fully saturated rings. The number of amides is 1. The van der Waals surface area contributed by atoms with Gasteiger partial charge in [0.25, 0.3) is 0 Å². The molecule has 5 heteroatoms. The third-order valence-electron chi connectivity index (χ3n) is 4.06. The van der Waals surface area contributed by atoms with Crippen LogP contribution in [0.3, 0.4) is 0 Å². The molecule has 3 rings (SSSR count). The van der Waals surface area contributed by atoms with Crippen LogP contribution in [0.1, 0.15) is 0 Å². The molecule has 0 unspecified atom stereocenters. The molecule has 0 atom stereocenters. The topological polar surface area (TPSA) is 35.6 Å². The summed E-state index contributed by atoms with van der Waals surface area (Å²) in [7, 11) is 0. The van der Waals surface area contributed by atoms with Crippen molar-refractivity contribution in [1.29, 1.82) is 0 Å². The van der Waals surface area contributed by atoms with Crippen molar-refractivity contribution in [3.63, 3.8) is 0 Å². The molecule has 23 heavy (non-hydrogen) atoms. The average molecular weight is 313 g/mol. The Hall–Kier alpha value is -2.56. The van der Waals surface area contributed by atoms with Gasteiger partial charge in [0, 0.05) is 31.9 Å². The van der Waals surface area contributed by atoms with Crippen molar-refractivity contribution in [3.8, 4) is 0 Å². The lowest BCUT2D eigenvalue weighted by Crippen LogP contribution is -2.50. The van der Waals surface area contributed by atoms with Crippen molar-refractivity contribution >= 4 is 17.3 Å². The van der Waals surface area contributed by atoms with Gasteiger partial charge in [0.05, 0.1) is 12.2 Å². The van der Waals surface area contributed by atoms with Gasteiger partial charge in [0.2, 0.25) is 5.91 Å². The smallest absolute Gasteiger partial charge is 0.241 e. The molecule has 1 amide bonds. The number of hydrogen-bond donors (Lipinski definition) is 1. The Labute approximate surface area is 135 Å². The second-order valence-electron chi connectivity index (χ2n) is 5.54. The molecule has 1 aliphatic heterocycles. The zero-order valence-corrected chi connectivity index (χ0v) is 12.9. The first-order valence-corrected chi connectivity index (χ1v) is 7.80.